The second kappa shape index (κ2) is 4.83. The molecule has 2 rings (SSSR count). The van der Waals surface area contributed by atoms with Gasteiger partial charge in [-0.05, 0) is 18.9 Å². The summed E-state index contributed by atoms with van der Waals surface area (Å²) in [5.41, 5.74) is -0.835. The second-order valence-electron chi connectivity index (χ2n) is 4.29. The number of imide groups is 1. The molecule has 0 atom stereocenters. The van der Waals surface area contributed by atoms with Crippen molar-refractivity contribution in [1.29, 1.82) is 0 Å². The fraction of sp³-hybridized carbons (Fsp3) is 0.500. The minimum atomic E-state index is -0.835. The molecule has 1 aromatic heterocycles. The highest BCUT2D eigenvalue weighted by molar-refractivity contribution is 6.22. The quantitative estimate of drug-likeness (QED) is 0.823. The number of aromatic nitrogens is 2. The van der Waals surface area contributed by atoms with E-state index in [2.05, 4.69) is 15.5 Å². The third-order valence-electron chi connectivity index (χ3n) is 3.43. The van der Waals surface area contributed by atoms with Crippen LogP contribution in [0.5, 0.6) is 5.88 Å². The van der Waals surface area contributed by atoms with Crippen LogP contribution in [-0.4, -0.2) is 34.8 Å². The van der Waals surface area contributed by atoms with Crippen molar-refractivity contribution >= 4 is 17.8 Å². The number of methoxy groups -OCH3 is 1. The van der Waals surface area contributed by atoms with E-state index < -0.39 is 11.6 Å². The van der Waals surface area contributed by atoms with Gasteiger partial charge in [-0.2, -0.15) is 0 Å². The number of hydrogen-bond donors (Lipinski definition) is 1. The number of anilines is 1. The molecule has 7 nitrogen and oxygen atoms in total. The van der Waals surface area contributed by atoms with E-state index in [0.29, 0.717) is 18.7 Å². The van der Waals surface area contributed by atoms with Crippen molar-refractivity contribution in [2.45, 2.75) is 32.2 Å². The van der Waals surface area contributed by atoms with Gasteiger partial charge in [0.25, 0.3) is 5.91 Å². The van der Waals surface area contributed by atoms with Crippen LogP contribution in [0, 0.1) is 0 Å². The lowest BCUT2D eigenvalue weighted by atomic mass is 9.93. The predicted octanol–water partition coefficient (Wildman–Crippen LogP) is 1.10. The molecular formula is C12H16N4O3. The lowest BCUT2D eigenvalue weighted by molar-refractivity contribution is -0.122. The maximum Gasteiger partial charge on any atom is 0.330 e. The second-order valence-corrected chi connectivity index (χ2v) is 4.29. The van der Waals surface area contributed by atoms with E-state index in [-0.39, 0.29) is 11.7 Å². The van der Waals surface area contributed by atoms with Crippen molar-refractivity contribution in [3.8, 4) is 5.88 Å². The number of amides is 3. The molecule has 0 bridgehead atoms. The zero-order chi connectivity index (χ0) is 14.0. The molecule has 19 heavy (non-hydrogen) atoms. The van der Waals surface area contributed by atoms with Crippen LogP contribution < -0.4 is 15.0 Å². The van der Waals surface area contributed by atoms with Gasteiger partial charge in [0.05, 0.1) is 7.11 Å². The van der Waals surface area contributed by atoms with E-state index in [4.69, 9.17) is 4.74 Å². The van der Waals surface area contributed by atoms with Crippen molar-refractivity contribution < 1.29 is 14.3 Å². The van der Waals surface area contributed by atoms with Gasteiger partial charge in [-0.3, -0.25) is 4.79 Å². The minimum Gasteiger partial charge on any atom is -0.480 e. The Morgan fingerprint density at radius 1 is 1.26 bits per heavy atom. The number of carbonyl (C=O) groups excluding carboxylic acids is 2. The molecule has 1 fully saturated rings. The largest absolute Gasteiger partial charge is 0.480 e. The van der Waals surface area contributed by atoms with Crippen molar-refractivity contribution in [3.63, 3.8) is 0 Å². The van der Waals surface area contributed by atoms with Gasteiger partial charge in [-0.1, -0.05) is 13.8 Å². The molecule has 0 aromatic carbocycles. The third kappa shape index (κ3) is 2.00. The molecule has 2 heterocycles. The van der Waals surface area contributed by atoms with Gasteiger partial charge in [0, 0.05) is 6.07 Å². The number of hydrogen-bond acceptors (Lipinski definition) is 5. The van der Waals surface area contributed by atoms with Gasteiger partial charge in [-0.15, -0.1) is 10.2 Å². The highest BCUT2D eigenvalue weighted by Gasteiger charge is 2.49. The molecule has 1 saturated heterocycles. The normalized spacial score (nSPS) is 17.5. The Labute approximate surface area is 110 Å². The first-order valence-corrected chi connectivity index (χ1v) is 6.12. The topological polar surface area (TPSA) is 84.4 Å². The Balaban J connectivity index is 2.34. The van der Waals surface area contributed by atoms with Gasteiger partial charge in [0.2, 0.25) is 5.88 Å². The molecule has 3 amide bonds. The predicted molar refractivity (Wildman–Crippen MR) is 67.9 cm³/mol. The minimum absolute atomic E-state index is 0.201. The number of nitrogens with zero attached hydrogens (tertiary/aromatic N) is 3. The Hall–Kier alpha value is -2.18. The van der Waals surface area contributed by atoms with E-state index in [0.717, 1.165) is 4.90 Å². The first-order chi connectivity index (χ1) is 9.07. The molecule has 1 N–H and O–H groups in total. The van der Waals surface area contributed by atoms with Crippen LogP contribution in [0.15, 0.2) is 12.1 Å². The van der Waals surface area contributed by atoms with Crippen molar-refractivity contribution in [1.82, 2.24) is 15.5 Å². The average Bonchev–Trinajstić information content (AvgIpc) is 2.70. The summed E-state index contributed by atoms with van der Waals surface area (Å²) in [6, 6.07) is 2.62. The van der Waals surface area contributed by atoms with Crippen LogP contribution in [0.3, 0.4) is 0 Å². The molecule has 0 radical (unpaired) electrons. The number of carbonyl (C=O) groups is 2. The van der Waals surface area contributed by atoms with E-state index in [9.17, 15) is 9.59 Å². The number of nitrogens with one attached hydrogen (secondary N) is 1. The summed E-state index contributed by atoms with van der Waals surface area (Å²) < 4.78 is 4.89. The summed E-state index contributed by atoms with van der Waals surface area (Å²) in [4.78, 5) is 25.4. The van der Waals surface area contributed by atoms with Crippen LogP contribution >= 0.6 is 0 Å². The van der Waals surface area contributed by atoms with Gasteiger partial charge in [0.15, 0.2) is 5.82 Å². The molecular weight excluding hydrogens is 248 g/mol. The van der Waals surface area contributed by atoms with Crippen molar-refractivity contribution in [3.05, 3.63) is 12.1 Å². The van der Waals surface area contributed by atoms with Crippen LogP contribution in [0.1, 0.15) is 26.7 Å². The molecule has 1 aliphatic rings. The Morgan fingerprint density at radius 3 is 2.37 bits per heavy atom. The molecule has 0 unspecified atom stereocenters. The van der Waals surface area contributed by atoms with E-state index in [1.54, 1.807) is 6.07 Å². The summed E-state index contributed by atoms with van der Waals surface area (Å²) in [5.74, 6) is 0.238. The lowest BCUT2D eigenvalue weighted by Crippen LogP contribution is -2.45. The molecule has 1 aromatic rings. The highest BCUT2D eigenvalue weighted by atomic mass is 16.5. The number of urea groups is 1. The fourth-order valence-electron chi connectivity index (χ4n) is 2.10. The van der Waals surface area contributed by atoms with Crippen LogP contribution in [0.4, 0.5) is 10.6 Å². The van der Waals surface area contributed by atoms with E-state index in [1.807, 2.05) is 13.8 Å². The number of ether oxygens (including phenoxy) is 1. The zero-order valence-corrected chi connectivity index (χ0v) is 11.1. The summed E-state index contributed by atoms with van der Waals surface area (Å²) in [6.07, 6.45) is 1.07. The van der Waals surface area contributed by atoms with Crippen LogP contribution in [0.2, 0.25) is 0 Å². The maximum absolute atomic E-state index is 12.4. The molecule has 0 saturated carbocycles. The van der Waals surface area contributed by atoms with Gasteiger partial charge in [-0.25, -0.2) is 9.69 Å². The van der Waals surface area contributed by atoms with Crippen LogP contribution in [-0.2, 0) is 4.79 Å². The van der Waals surface area contributed by atoms with Gasteiger partial charge < -0.3 is 10.1 Å². The first kappa shape index (κ1) is 13.3. The maximum atomic E-state index is 12.4. The van der Waals surface area contributed by atoms with Gasteiger partial charge >= 0.3 is 6.03 Å². The van der Waals surface area contributed by atoms with Crippen LogP contribution in [0.25, 0.3) is 0 Å². The van der Waals surface area contributed by atoms with Crippen molar-refractivity contribution in [2.75, 3.05) is 12.0 Å². The fourth-order valence-corrected chi connectivity index (χ4v) is 2.10. The summed E-state index contributed by atoms with van der Waals surface area (Å²) in [7, 11) is 1.47. The Morgan fingerprint density at radius 2 is 1.95 bits per heavy atom. The first-order valence-electron chi connectivity index (χ1n) is 6.12. The van der Waals surface area contributed by atoms with E-state index >= 15 is 0 Å². The molecule has 1 aliphatic heterocycles. The molecule has 0 spiro atoms. The lowest BCUT2D eigenvalue weighted by Gasteiger charge is -2.22. The van der Waals surface area contributed by atoms with Gasteiger partial charge in [0.1, 0.15) is 5.54 Å². The smallest absolute Gasteiger partial charge is 0.330 e. The summed E-state index contributed by atoms with van der Waals surface area (Å²) in [5, 5.41) is 10.3. The van der Waals surface area contributed by atoms with Crippen molar-refractivity contribution in [2.24, 2.45) is 0 Å². The highest BCUT2D eigenvalue weighted by Crippen LogP contribution is 2.28. The van der Waals surface area contributed by atoms with E-state index in [1.165, 1.54) is 13.2 Å². The summed E-state index contributed by atoms with van der Waals surface area (Å²) >= 11 is 0. The zero-order valence-electron chi connectivity index (χ0n) is 11.1. The third-order valence-corrected chi connectivity index (χ3v) is 3.43. The monoisotopic (exact) mass is 264 g/mol. The Kier molecular flexibility index (Phi) is 3.37. The SMILES string of the molecule is CCC1(CC)NC(=O)N(c2ccc(OC)nn2)C1=O. The standard InChI is InChI=1S/C12H16N4O3/c1-4-12(5-2)10(17)16(11(18)13-12)8-6-7-9(19-3)15-14-8/h6-7H,4-5H2,1-3H3,(H,13,18). The summed E-state index contributed by atoms with van der Waals surface area (Å²) in [6.45, 7) is 3.73. The molecule has 102 valence electrons. The number of rotatable bonds is 4. The molecule has 7 heteroatoms. The Bertz CT molecular complexity index is 496. The molecule has 0 aliphatic carbocycles. The average molecular weight is 264 g/mol.